The van der Waals surface area contributed by atoms with Gasteiger partial charge in [-0.2, -0.15) is 4.31 Å². The van der Waals surface area contributed by atoms with E-state index < -0.39 is 10.0 Å². The summed E-state index contributed by atoms with van der Waals surface area (Å²) >= 11 is 1.72. The first kappa shape index (κ1) is 21.9. The van der Waals surface area contributed by atoms with Crippen molar-refractivity contribution in [2.45, 2.75) is 69.7 Å². The van der Waals surface area contributed by atoms with Crippen LogP contribution in [0.2, 0.25) is 0 Å². The van der Waals surface area contributed by atoms with E-state index in [0.29, 0.717) is 18.0 Å². The van der Waals surface area contributed by atoms with E-state index in [0.717, 1.165) is 56.0 Å². The van der Waals surface area contributed by atoms with Crippen LogP contribution in [0.25, 0.3) is 0 Å². The van der Waals surface area contributed by atoms with Crippen LogP contribution >= 0.6 is 11.3 Å². The normalized spacial score (nSPS) is 19.4. The zero-order chi connectivity index (χ0) is 21.4. The van der Waals surface area contributed by atoms with E-state index in [1.807, 2.05) is 18.2 Å². The molecule has 30 heavy (non-hydrogen) atoms. The van der Waals surface area contributed by atoms with Crippen LogP contribution in [0, 0.1) is 0 Å². The summed E-state index contributed by atoms with van der Waals surface area (Å²) in [6.07, 6.45) is 5.28. The summed E-state index contributed by atoms with van der Waals surface area (Å²) in [6.45, 7) is 10.1. The number of hydrogen-bond donors (Lipinski definition) is 0. The second-order valence-corrected chi connectivity index (χ2v) is 12.4. The van der Waals surface area contributed by atoms with Gasteiger partial charge in [0.2, 0.25) is 10.0 Å². The first-order valence-corrected chi connectivity index (χ1v) is 13.3. The monoisotopic (exact) mass is 447 g/mol. The van der Waals surface area contributed by atoms with Gasteiger partial charge in [-0.05, 0) is 61.9 Å². The van der Waals surface area contributed by atoms with Gasteiger partial charge in [0.1, 0.15) is 0 Å². The van der Waals surface area contributed by atoms with E-state index in [4.69, 9.17) is 4.98 Å². The summed E-state index contributed by atoms with van der Waals surface area (Å²) in [6, 6.07) is 5.77. The van der Waals surface area contributed by atoms with Crippen LogP contribution in [0.3, 0.4) is 0 Å². The molecule has 1 aromatic heterocycles. The molecule has 1 aliphatic carbocycles. The largest absolute Gasteiger partial charge is 0.296 e. The number of rotatable bonds is 4. The molecular formula is C23H33N3O2S2. The summed E-state index contributed by atoms with van der Waals surface area (Å²) in [5.74, 6) is 0. The van der Waals surface area contributed by atoms with Gasteiger partial charge in [-0.15, -0.1) is 11.3 Å². The lowest BCUT2D eigenvalue weighted by Crippen LogP contribution is -2.35. The van der Waals surface area contributed by atoms with Crippen LogP contribution in [0.15, 0.2) is 28.5 Å². The highest BCUT2D eigenvalue weighted by atomic mass is 32.2. The minimum atomic E-state index is -3.44. The zero-order valence-electron chi connectivity index (χ0n) is 18.4. The maximum atomic E-state index is 13.3. The molecule has 0 spiro atoms. The van der Waals surface area contributed by atoms with Crippen molar-refractivity contribution in [2.75, 3.05) is 26.2 Å². The average molecular weight is 448 g/mol. The Morgan fingerprint density at radius 2 is 1.77 bits per heavy atom. The fraction of sp³-hybridized carbons (Fsp3) is 0.609. The summed E-state index contributed by atoms with van der Waals surface area (Å²) < 4.78 is 28.3. The highest BCUT2D eigenvalue weighted by Gasteiger charge is 2.28. The SMILES string of the molecule is CC(C)(C)c1nc(CN2CCCN(S(=O)(=O)c3ccc4c(c3)CCCC4)CC2)cs1. The predicted octanol–water partition coefficient (Wildman–Crippen LogP) is 4.22. The lowest BCUT2D eigenvalue weighted by atomic mass is 9.92. The Morgan fingerprint density at radius 1 is 1.00 bits per heavy atom. The fourth-order valence-corrected chi connectivity index (χ4v) is 6.74. The summed E-state index contributed by atoms with van der Waals surface area (Å²) in [4.78, 5) is 7.61. The van der Waals surface area contributed by atoms with Crippen LogP contribution < -0.4 is 0 Å². The van der Waals surface area contributed by atoms with Gasteiger partial charge in [0.15, 0.2) is 0 Å². The molecule has 0 atom stereocenters. The third-order valence-corrected chi connectivity index (χ3v) is 9.30. The van der Waals surface area contributed by atoms with Crippen molar-refractivity contribution in [2.24, 2.45) is 0 Å². The second kappa shape index (κ2) is 8.69. The van der Waals surface area contributed by atoms with Gasteiger partial charge in [0.25, 0.3) is 0 Å². The van der Waals surface area contributed by atoms with E-state index in [1.165, 1.54) is 17.5 Å². The van der Waals surface area contributed by atoms with E-state index in [-0.39, 0.29) is 5.41 Å². The number of thiazole rings is 1. The fourth-order valence-electron chi connectivity index (χ4n) is 4.32. The number of aryl methyl sites for hydroxylation is 2. The van der Waals surface area contributed by atoms with Crippen LogP contribution in [0.4, 0.5) is 0 Å². The molecule has 2 heterocycles. The lowest BCUT2D eigenvalue weighted by Gasteiger charge is -2.23. The number of fused-ring (bicyclic) bond motifs is 1. The lowest BCUT2D eigenvalue weighted by molar-refractivity contribution is 0.275. The van der Waals surface area contributed by atoms with Crippen molar-refractivity contribution in [3.8, 4) is 0 Å². The highest BCUT2D eigenvalue weighted by Crippen LogP contribution is 2.28. The highest BCUT2D eigenvalue weighted by molar-refractivity contribution is 7.89. The van der Waals surface area contributed by atoms with Crippen molar-refractivity contribution in [3.63, 3.8) is 0 Å². The Morgan fingerprint density at radius 3 is 2.50 bits per heavy atom. The zero-order valence-corrected chi connectivity index (χ0v) is 20.0. The Balaban J connectivity index is 1.43. The number of hydrogen-bond acceptors (Lipinski definition) is 5. The molecule has 0 amide bonds. The molecule has 0 radical (unpaired) electrons. The third-order valence-electron chi connectivity index (χ3n) is 6.08. The molecule has 1 saturated heterocycles. The number of aromatic nitrogens is 1. The smallest absolute Gasteiger partial charge is 0.243 e. The molecule has 4 rings (SSSR count). The van der Waals surface area contributed by atoms with Gasteiger partial charge in [-0.25, -0.2) is 13.4 Å². The van der Waals surface area contributed by atoms with Crippen molar-refractivity contribution in [1.29, 1.82) is 0 Å². The van der Waals surface area contributed by atoms with Crippen molar-refractivity contribution in [1.82, 2.24) is 14.2 Å². The molecule has 164 valence electrons. The van der Waals surface area contributed by atoms with Crippen molar-refractivity contribution >= 4 is 21.4 Å². The Kier molecular flexibility index (Phi) is 6.35. The van der Waals surface area contributed by atoms with Gasteiger partial charge in [-0.3, -0.25) is 4.90 Å². The predicted molar refractivity (Wildman–Crippen MR) is 123 cm³/mol. The standard InChI is InChI=1S/C23H33N3O2S2/c1-23(2,3)22-24-20(17-29-22)16-25-11-6-12-26(14-13-25)30(27,28)21-10-9-18-7-4-5-8-19(18)15-21/h9-10,15,17H,4-8,11-14,16H2,1-3H3. The average Bonchev–Trinajstić information content (AvgIpc) is 3.06. The molecule has 0 saturated carbocycles. The van der Waals surface area contributed by atoms with Gasteiger partial charge >= 0.3 is 0 Å². The topological polar surface area (TPSA) is 53.5 Å². The molecule has 2 aromatic rings. The van der Waals surface area contributed by atoms with E-state index >= 15 is 0 Å². The molecule has 0 unspecified atom stereocenters. The minimum Gasteiger partial charge on any atom is -0.296 e. The molecular weight excluding hydrogens is 414 g/mol. The first-order chi connectivity index (χ1) is 14.2. The summed E-state index contributed by atoms with van der Waals surface area (Å²) in [5, 5.41) is 3.30. The third kappa shape index (κ3) is 4.79. The van der Waals surface area contributed by atoms with Crippen LogP contribution in [-0.4, -0.2) is 48.8 Å². The maximum Gasteiger partial charge on any atom is 0.243 e. The van der Waals surface area contributed by atoms with Crippen LogP contribution in [-0.2, 0) is 34.8 Å². The molecule has 1 fully saturated rings. The molecule has 0 bridgehead atoms. The summed E-state index contributed by atoms with van der Waals surface area (Å²) in [7, 11) is -3.44. The molecule has 2 aliphatic rings. The first-order valence-electron chi connectivity index (χ1n) is 11.0. The minimum absolute atomic E-state index is 0.0709. The molecule has 1 aliphatic heterocycles. The van der Waals surface area contributed by atoms with E-state index in [9.17, 15) is 8.42 Å². The number of benzene rings is 1. The number of sulfonamides is 1. The van der Waals surface area contributed by atoms with Crippen molar-refractivity contribution < 1.29 is 8.42 Å². The molecule has 0 N–H and O–H groups in total. The van der Waals surface area contributed by atoms with Gasteiger partial charge < -0.3 is 0 Å². The second-order valence-electron chi connectivity index (χ2n) is 9.57. The number of nitrogens with zero attached hydrogens (tertiary/aromatic N) is 3. The van der Waals surface area contributed by atoms with Gasteiger partial charge in [-0.1, -0.05) is 26.8 Å². The van der Waals surface area contributed by atoms with Crippen LogP contribution in [0.5, 0.6) is 0 Å². The van der Waals surface area contributed by atoms with Gasteiger partial charge in [0, 0.05) is 37.0 Å². The molecule has 1 aromatic carbocycles. The maximum absolute atomic E-state index is 13.3. The molecule has 5 nitrogen and oxygen atoms in total. The van der Waals surface area contributed by atoms with Gasteiger partial charge in [0.05, 0.1) is 15.6 Å². The van der Waals surface area contributed by atoms with E-state index in [2.05, 4.69) is 31.1 Å². The summed E-state index contributed by atoms with van der Waals surface area (Å²) in [5.41, 5.74) is 3.70. The quantitative estimate of drug-likeness (QED) is 0.704. The Hall–Kier alpha value is -1.28. The van der Waals surface area contributed by atoms with E-state index in [1.54, 1.807) is 15.6 Å². The molecule has 7 heteroatoms. The Labute approximate surface area is 185 Å². The Bertz CT molecular complexity index is 992. The van der Waals surface area contributed by atoms with Crippen LogP contribution in [0.1, 0.15) is 61.9 Å². The van der Waals surface area contributed by atoms with Crippen molar-refractivity contribution in [3.05, 3.63) is 45.4 Å².